The summed E-state index contributed by atoms with van der Waals surface area (Å²) in [6.07, 6.45) is 7.15. The molecule has 10 rings (SSSR count). The fourth-order valence-corrected chi connectivity index (χ4v) is 8.44. The van der Waals surface area contributed by atoms with Gasteiger partial charge in [0.25, 0.3) is 0 Å². The summed E-state index contributed by atoms with van der Waals surface area (Å²) in [5.74, 6) is 0.474. The zero-order chi connectivity index (χ0) is 36.7. The lowest BCUT2D eigenvalue weighted by Gasteiger charge is -2.33. The highest BCUT2D eigenvalue weighted by Crippen LogP contribution is 2.45. The molecule has 8 aromatic carbocycles. The number of nitrogens with zero attached hydrogens (tertiary/aromatic N) is 1. The largest absolute Gasteiger partial charge is 0.456 e. The normalized spacial score (nSPS) is 15.4. The number of hydrogen-bond donors (Lipinski definition) is 0. The molecule has 1 aliphatic rings. The van der Waals surface area contributed by atoms with Crippen molar-refractivity contribution in [1.82, 2.24) is 0 Å². The third kappa shape index (κ3) is 5.93. The minimum Gasteiger partial charge on any atom is -0.456 e. The molecule has 0 bridgehead atoms. The molecular formula is C53H39NO. The van der Waals surface area contributed by atoms with Gasteiger partial charge in [0, 0.05) is 33.6 Å². The number of rotatable bonds is 7. The van der Waals surface area contributed by atoms with Crippen LogP contribution >= 0.6 is 0 Å². The number of anilines is 2. The van der Waals surface area contributed by atoms with Crippen LogP contribution in [0.2, 0.25) is 0 Å². The van der Waals surface area contributed by atoms with Crippen LogP contribution in [0.25, 0.3) is 66.1 Å². The van der Waals surface area contributed by atoms with E-state index in [1.807, 2.05) is 6.07 Å². The van der Waals surface area contributed by atoms with Gasteiger partial charge in [-0.1, -0.05) is 171 Å². The highest BCUT2D eigenvalue weighted by molar-refractivity contribution is 6.09. The lowest BCUT2D eigenvalue weighted by atomic mass is 9.82. The minimum atomic E-state index is 0.165. The number of hydrogen-bond acceptors (Lipinski definition) is 2. The standard InChI is InChI=1S/C53H39NO/c1-36-26-30-43(35-48(36)41-29-33-52-49(34-41)46-21-9-11-25-51(46)55-52)54(42-31-27-38(28-32-42)37-14-4-2-5-15-37)50-24-10-8-20-45(50)47-23-13-19-40-18-12-22-44(53(40)47)39-16-6-3-7-17-39/h2-36,48H,1H3. The third-order valence-electron chi connectivity index (χ3n) is 11.2. The lowest BCUT2D eigenvalue weighted by Crippen LogP contribution is -2.21. The number of furan rings is 1. The Balaban J connectivity index is 1.16. The average molecular weight is 706 g/mol. The van der Waals surface area contributed by atoms with Gasteiger partial charge in [0.1, 0.15) is 11.2 Å². The fourth-order valence-electron chi connectivity index (χ4n) is 8.44. The maximum atomic E-state index is 6.22. The summed E-state index contributed by atoms with van der Waals surface area (Å²) in [7, 11) is 0. The highest BCUT2D eigenvalue weighted by atomic mass is 16.3. The van der Waals surface area contributed by atoms with Gasteiger partial charge >= 0.3 is 0 Å². The molecule has 0 fully saturated rings. The van der Waals surface area contributed by atoms with E-state index in [1.54, 1.807) is 0 Å². The van der Waals surface area contributed by atoms with E-state index in [1.165, 1.54) is 49.7 Å². The van der Waals surface area contributed by atoms with Gasteiger partial charge in [-0.2, -0.15) is 0 Å². The first-order valence-corrected chi connectivity index (χ1v) is 19.1. The zero-order valence-electron chi connectivity index (χ0n) is 30.6. The number of para-hydroxylation sites is 2. The zero-order valence-corrected chi connectivity index (χ0v) is 30.6. The van der Waals surface area contributed by atoms with Gasteiger partial charge in [-0.05, 0) is 92.5 Å². The number of fused-ring (bicyclic) bond motifs is 4. The number of allylic oxidation sites excluding steroid dienone is 3. The van der Waals surface area contributed by atoms with Crippen LogP contribution in [0.3, 0.4) is 0 Å². The van der Waals surface area contributed by atoms with E-state index in [2.05, 4.69) is 212 Å². The summed E-state index contributed by atoms with van der Waals surface area (Å²) in [6.45, 7) is 2.32. The molecule has 1 aliphatic carbocycles. The highest BCUT2D eigenvalue weighted by Gasteiger charge is 2.26. The molecule has 9 aromatic rings. The van der Waals surface area contributed by atoms with Crippen molar-refractivity contribution in [3.05, 3.63) is 218 Å². The van der Waals surface area contributed by atoms with Crippen LogP contribution in [0.4, 0.5) is 11.4 Å². The molecule has 0 aliphatic heterocycles. The molecule has 1 heterocycles. The van der Waals surface area contributed by atoms with Crippen molar-refractivity contribution in [2.75, 3.05) is 4.90 Å². The van der Waals surface area contributed by atoms with Crippen molar-refractivity contribution in [3.63, 3.8) is 0 Å². The summed E-state index contributed by atoms with van der Waals surface area (Å²) in [4.78, 5) is 2.45. The Morgan fingerprint density at radius 1 is 0.491 bits per heavy atom. The topological polar surface area (TPSA) is 16.4 Å². The van der Waals surface area contributed by atoms with Crippen molar-refractivity contribution in [1.29, 1.82) is 0 Å². The maximum absolute atomic E-state index is 6.22. The van der Waals surface area contributed by atoms with Gasteiger partial charge in [0.2, 0.25) is 0 Å². The lowest BCUT2D eigenvalue weighted by molar-refractivity contribution is 0.628. The minimum absolute atomic E-state index is 0.165. The van der Waals surface area contributed by atoms with Crippen LogP contribution in [0, 0.1) is 5.92 Å². The average Bonchev–Trinajstić information content (AvgIpc) is 3.63. The molecule has 0 saturated carbocycles. The van der Waals surface area contributed by atoms with Gasteiger partial charge in [0.05, 0.1) is 5.69 Å². The van der Waals surface area contributed by atoms with Gasteiger partial charge in [0.15, 0.2) is 0 Å². The van der Waals surface area contributed by atoms with E-state index < -0.39 is 0 Å². The SMILES string of the molecule is CC1C=CC(N(c2ccc(-c3ccccc3)cc2)c2ccccc2-c2cccc3cccc(-c4ccccc4)c23)=CC1c1ccc2oc3ccccc3c2c1. The van der Waals surface area contributed by atoms with Gasteiger partial charge in [-0.25, -0.2) is 0 Å². The maximum Gasteiger partial charge on any atom is 0.135 e. The third-order valence-corrected chi connectivity index (χ3v) is 11.2. The molecule has 0 radical (unpaired) electrons. The Labute approximate surface area is 321 Å². The van der Waals surface area contributed by atoms with Crippen LogP contribution in [-0.4, -0.2) is 0 Å². The predicted octanol–water partition coefficient (Wildman–Crippen LogP) is 14.8. The van der Waals surface area contributed by atoms with Crippen LogP contribution in [-0.2, 0) is 0 Å². The van der Waals surface area contributed by atoms with Gasteiger partial charge < -0.3 is 9.32 Å². The Hall–Kier alpha value is -6.90. The van der Waals surface area contributed by atoms with Crippen molar-refractivity contribution in [2.24, 2.45) is 5.92 Å². The van der Waals surface area contributed by atoms with E-state index in [4.69, 9.17) is 4.42 Å². The molecule has 1 aromatic heterocycles. The first kappa shape index (κ1) is 32.7. The summed E-state index contributed by atoms with van der Waals surface area (Å²) in [5.41, 5.74) is 13.7. The molecule has 2 unspecified atom stereocenters. The van der Waals surface area contributed by atoms with E-state index in [0.29, 0.717) is 5.92 Å². The molecule has 2 atom stereocenters. The van der Waals surface area contributed by atoms with Crippen molar-refractivity contribution >= 4 is 44.1 Å². The molecule has 2 nitrogen and oxygen atoms in total. The fraction of sp³-hybridized carbons (Fsp3) is 0.0566. The van der Waals surface area contributed by atoms with Crippen molar-refractivity contribution < 1.29 is 4.42 Å². The Morgan fingerprint density at radius 3 is 1.93 bits per heavy atom. The van der Waals surface area contributed by atoms with Crippen molar-refractivity contribution in [2.45, 2.75) is 12.8 Å². The smallest absolute Gasteiger partial charge is 0.135 e. The molecule has 0 amide bonds. The first-order chi connectivity index (χ1) is 27.2. The van der Waals surface area contributed by atoms with Crippen LogP contribution in [0.5, 0.6) is 0 Å². The van der Waals surface area contributed by atoms with Gasteiger partial charge in [-0.3, -0.25) is 0 Å². The summed E-state index contributed by atoms with van der Waals surface area (Å²) >= 11 is 0. The summed E-state index contributed by atoms with van der Waals surface area (Å²) in [5, 5.41) is 4.79. The molecule has 0 spiro atoms. The monoisotopic (exact) mass is 705 g/mol. The molecular weight excluding hydrogens is 667 g/mol. The van der Waals surface area contributed by atoms with Gasteiger partial charge in [-0.15, -0.1) is 0 Å². The molecule has 262 valence electrons. The predicted molar refractivity (Wildman–Crippen MR) is 232 cm³/mol. The molecule has 2 heteroatoms. The first-order valence-electron chi connectivity index (χ1n) is 19.1. The molecule has 0 saturated heterocycles. The molecule has 0 N–H and O–H groups in total. The van der Waals surface area contributed by atoms with E-state index in [0.717, 1.165) is 39.0 Å². The van der Waals surface area contributed by atoms with E-state index in [9.17, 15) is 0 Å². The summed E-state index contributed by atoms with van der Waals surface area (Å²) < 4.78 is 6.22. The summed E-state index contributed by atoms with van der Waals surface area (Å²) in [6, 6.07) is 67.7. The second-order valence-corrected chi connectivity index (χ2v) is 14.5. The van der Waals surface area contributed by atoms with E-state index in [-0.39, 0.29) is 5.92 Å². The Kier molecular flexibility index (Phi) is 8.22. The molecule has 55 heavy (non-hydrogen) atoms. The van der Waals surface area contributed by atoms with Crippen LogP contribution in [0.1, 0.15) is 18.4 Å². The number of benzene rings is 8. The Bertz CT molecular complexity index is 2880. The Morgan fingerprint density at radius 2 is 1.13 bits per heavy atom. The van der Waals surface area contributed by atoms with Crippen molar-refractivity contribution in [3.8, 4) is 33.4 Å². The van der Waals surface area contributed by atoms with Crippen LogP contribution in [0.15, 0.2) is 216 Å². The second-order valence-electron chi connectivity index (χ2n) is 14.5. The van der Waals surface area contributed by atoms with E-state index >= 15 is 0 Å². The van der Waals surface area contributed by atoms with Crippen LogP contribution < -0.4 is 4.90 Å². The quantitative estimate of drug-likeness (QED) is 0.164. The second kappa shape index (κ2) is 13.8.